The van der Waals surface area contributed by atoms with Crippen LogP contribution in [0.25, 0.3) is 0 Å². The minimum Gasteiger partial charge on any atom is -0.423 e. The summed E-state index contributed by atoms with van der Waals surface area (Å²) in [5, 5.41) is 19.0. The van der Waals surface area contributed by atoms with Crippen molar-refractivity contribution in [2.45, 2.75) is 31.7 Å². The topological polar surface area (TPSA) is 89.3 Å². The summed E-state index contributed by atoms with van der Waals surface area (Å²) in [6.45, 7) is 0.235. The quantitative estimate of drug-likeness (QED) is 0.808. The first-order chi connectivity index (χ1) is 11.8. The molecule has 2 N–H and O–H groups in total. The summed E-state index contributed by atoms with van der Waals surface area (Å²) in [4.78, 5) is 12.3. The number of benzene rings is 1. The molecule has 2 aromatic rings. The van der Waals surface area contributed by atoms with Crippen LogP contribution in [0.2, 0.25) is 0 Å². The Bertz CT molecular complexity index is 850. The Morgan fingerprint density at radius 1 is 1.40 bits per heavy atom. The van der Waals surface area contributed by atoms with Crippen LogP contribution in [0.3, 0.4) is 0 Å². The van der Waals surface area contributed by atoms with Gasteiger partial charge in [-0.1, -0.05) is 11.3 Å². The molecule has 1 aromatic carbocycles. The van der Waals surface area contributed by atoms with Crippen molar-refractivity contribution >= 4 is 24.2 Å². The molecule has 1 fully saturated rings. The summed E-state index contributed by atoms with van der Waals surface area (Å²) < 4.78 is 45.8. The van der Waals surface area contributed by atoms with Crippen molar-refractivity contribution in [3.63, 3.8) is 0 Å². The Morgan fingerprint density at radius 3 is 2.84 bits per heavy atom. The number of halogens is 3. The highest BCUT2D eigenvalue weighted by atomic mass is 19.4. The number of alkyl halides is 3. The lowest BCUT2D eigenvalue weighted by molar-refractivity contribution is -0.144. The number of nitrogens with one attached hydrogen (secondary N) is 1. The summed E-state index contributed by atoms with van der Waals surface area (Å²) in [6, 6.07) is 4.26. The molecule has 1 aromatic heterocycles. The molecular weight excluding hydrogens is 340 g/mol. The van der Waals surface area contributed by atoms with Crippen molar-refractivity contribution in [1.82, 2.24) is 15.0 Å². The molecule has 0 atom stereocenters. The Labute approximate surface area is 139 Å². The Kier molecular flexibility index (Phi) is 3.58. The van der Waals surface area contributed by atoms with E-state index >= 15 is 0 Å². The fraction of sp³-hybridized carbons (Fsp3) is 0.357. The van der Waals surface area contributed by atoms with Gasteiger partial charge < -0.3 is 15.0 Å². The van der Waals surface area contributed by atoms with Gasteiger partial charge in [-0.15, -0.1) is 5.10 Å². The molecule has 1 saturated carbocycles. The summed E-state index contributed by atoms with van der Waals surface area (Å²) >= 11 is 0. The molecule has 1 aliphatic heterocycles. The van der Waals surface area contributed by atoms with Gasteiger partial charge in [-0.2, -0.15) is 13.2 Å². The monoisotopic (exact) mass is 352 g/mol. The second kappa shape index (κ2) is 5.56. The molecule has 130 valence electrons. The largest absolute Gasteiger partial charge is 0.491 e. The van der Waals surface area contributed by atoms with Crippen molar-refractivity contribution in [3.05, 3.63) is 35.2 Å². The molecule has 1 aliphatic carbocycles. The highest BCUT2D eigenvalue weighted by Crippen LogP contribution is 2.40. The molecule has 7 nitrogen and oxygen atoms in total. The van der Waals surface area contributed by atoms with E-state index in [4.69, 9.17) is 4.65 Å². The van der Waals surface area contributed by atoms with Crippen molar-refractivity contribution in [2.75, 3.05) is 5.32 Å². The van der Waals surface area contributed by atoms with Crippen LogP contribution in [-0.4, -0.2) is 33.0 Å². The third-order valence-electron chi connectivity index (χ3n) is 4.14. The number of anilines is 1. The minimum atomic E-state index is -4.74. The summed E-state index contributed by atoms with van der Waals surface area (Å²) in [6.07, 6.45) is -3.58. The third kappa shape index (κ3) is 2.89. The molecule has 4 rings (SSSR count). The normalized spacial score (nSPS) is 16.9. The van der Waals surface area contributed by atoms with Crippen molar-refractivity contribution in [2.24, 2.45) is 0 Å². The summed E-state index contributed by atoms with van der Waals surface area (Å²) in [7, 11) is -1.12. The lowest BCUT2D eigenvalue weighted by Crippen LogP contribution is -2.28. The van der Waals surface area contributed by atoms with E-state index in [0.29, 0.717) is 18.3 Å². The first-order valence-electron chi connectivity index (χ1n) is 7.61. The van der Waals surface area contributed by atoms with Gasteiger partial charge in [0.2, 0.25) is 0 Å². The zero-order chi connectivity index (χ0) is 17.8. The SMILES string of the molecule is O=C(Nc1ccc2c(c1)B(O)OC2)c1nnn(C2CC2)c1C(F)(F)F. The number of aromatic nitrogens is 3. The first kappa shape index (κ1) is 16.1. The van der Waals surface area contributed by atoms with E-state index in [1.54, 1.807) is 6.07 Å². The highest BCUT2D eigenvalue weighted by molar-refractivity contribution is 6.61. The number of rotatable bonds is 3. The maximum atomic E-state index is 13.3. The lowest BCUT2D eigenvalue weighted by atomic mass is 9.79. The van der Waals surface area contributed by atoms with Gasteiger partial charge in [-0.25, -0.2) is 4.68 Å². The van der Waals surface area contributed by atoms with Crippen LogP contribution >= 0.6 is 0 Å². The maximum absolute atomic E-state index is 13.3. The van der Waals surface area contributed by atoms with Crippen LogP contribution in [0.15, 0.2) is 18.2 Å². The number of hydrogen-bond donors (Lipinski definition) is 2. The van der Waals surface area contributed by atoms with E-state index in [1.807, 2.05) is 0 Å². The minimum absolute atomic E-state index is 0.235. The van der Waals surface area contributed by atoms with E-state index < -0.39 is 30.6 Å². The number of amides is 1. The van der Waals surface area contributed by atoms with E-state index in [-0.39, 0.29) is 18.3 Å². The van der Waals surface area contributed by atoms with Gasteiger partial charge in [0.1, 0.15) is 0 Å². The summed E-state index contributed by atoms with van der Waals surface area (Å²) in [5.74, 6) is -1.01. The number of fused-ring (bicyclic) bond motifs is 1. The molecule has 11 heteroatoms. The smallest absolute Gasteiger partial charge is 0.423 e. The van der Waals surface area contributed by atoms with E-state index in [1.165, 1.54) is 12.1 Å². The van der Waals surface area contributed by atoms with Gasteiger partial charge in [0.25, 0.3) is 5.91 Å². The van der Waals surface area contributed by atoms with E-state index in [2.05, 4.69) is 15.6 Å². The Hall–Kier alpha value is -2.40. The van der Waals surface area contributed by atoms with Crippen LogP contribution in [0.5, 0.6) is 0 Å². The number of carbonyl (C=O) groups is 1. The van der Waals surface area contributed by atoms with E-state index in [0.717, 1.165) is 10.2 Å². The third-order valence-corrected chi connectivity index (χ3v) is 4.14. The first-order valence-corrected chi connectivity index (χ1v) is 7.61. The molecular formula is C14H12BF3N4O3. The van der Waals surface area contributed by atoms with Crippen LogP contribution in [0.4, 0.5) is 18.9 Å². The van der Waals surface area contributed by atoms with Gasteiger partial charge >= 0.3 is 13.3 Å². The number of carbonyl (C=O) groups excluding carboxylic acids is 1. The van der Waals surface area contributed by atoms with Crippen LogP contribution in [0, 0.1) is 0 Å². The molecule has 0 unspecified atom stereocenters. The van der Waals surface area contributed by atoms with Crippen molar-refractivity contribution in [1.29, 1.82) is 0 Å². The van der Waals surface area contributed by atoms with Crippen molar-refractivity contribution < 1.29 is 27.6 Å². The second-order valence-corrected chi connectivity index (χ2v) is 5.99. The molecule has 0 saturated heterocycles. The predicted molar refractivity (Wildman–Crippen MR) is 80.1 cm³/mol. The molecule has 25 heavy (non-hydrogen) atoms. The maximum Gasteiger partial charge on any atom is 0.491 e. The Balaban J connectivity index is 1.63. The average Bonchev–Trinajstić information content (AvgIpc) is 3.18. The number of hydrogen-bond acceptors (Lipinski definition) is 5. The van der Waals surface area contributed by atoms with Crippen LogP contribution in [-0.2, 0) is 17.4 Å². The average molecular weight is 352 g/mol. The number of nitrogens with zero attached hydrogens (tertiary/aromatic N) is 3. The predicted octanol–water partition coefficient (Wildman–Crippen LogP) is 1.10. The van der Waals surface area contributed by atoms with Gasteiger partial charge in [0.15, 0.2) is 11.4 Å². The highest BCUT2D eigenvalue weighted by Gasteiger charge is 2.44. The van der Waals surface area contributed by atoms with Gasteiger partial charge in [0.05, 0.1) is 12.6 Å². The van der Waals surface area contributed by atoms with E-state index in [9.17, 15) is 23.0 Å². The zero-order valence-corrected chi connectivity index (χ0v) is 12.7. The molecule has 0 radical (unpaired) electrons. The molecule has 2 heterocycles. The summed E-state index contributed by atoms with van der Waals surface area (Å²) in [5.41, 5.74) is -0.451. The van der Waals surface area contributed by atoms with Gasteiger partial charge in [-0.3, -0.25) is 4.79 Å². The van der Waals surface area contributed by atoms with Gasteiger partial charge in [-0.05, 0) is 36.0 Å². The molecule has 1 amide bonds. The molecule has 0 bridgehead atoms. The molecule has 0 spiro atoms. The fourth-order valence-electron chi connectivity index (χ4n) is 2.77. The van der Waals surface area contributed by atoms with Crippen molar-refractivity contribution in [3.8, 4) is 0 Å². The zero-order valence-electron chi connectivity index (χ0n) is 12.7. The fourth-order valence-corrected chi connectivity index (χ4v) is 2.77. The van der Waals surface area contributed by atoms with Gasteiger partial charge in [0, 0.05) is 5.69 Å². The van der Waals surface area contributed by atoms with Crippen LogP contribution < -0.4 is 10.8 Å². The Morgan fingerprint density at radius 2 is 2.16 bits per heavy atom. The van der Waals surface area contributed by atoms with Crippen LogP contribution in [0.1, 0.15) is 40.6 Å². The second-order valence-electron chi connectivity index (χ2n) is 5.99. The lowest BCUT2D eigenvalue weighted by Gasteiger charge is -2.11. The molecule has 2 aliphatic rings. The standard InChI is InChI=1S/C14H12BF3N4O3/c16-14(17,18)12-11(20-21-22(12)9-3-4-9)13(23)19-8-2-1-7-6-25-15(24)10(7)5-8/h1-2,5,9,24H,3-4,6H2,(H,19,23).